The van der Waals surface area contributed by atoms with Gasteiger partial charge in [0.1, 0.15) is 0 Å². The fourth-order valence-corrected chi connectivity index (χ4v) is 7.89. The third-order valence-corrected chi connectivity index (χ3v) is 14.4. The molecule has 0 radical (unpaired) electrons. The van der Waals surface area contributed by atoms with Crippen LogP contribution in [0.5, 0.6) is 0 Å². The molecule has 1 aliphatic carbocycles. The van der Waals surface area contributed by atoms with Crippen molar-refractivity contribution in [3.8, 4) is 0 Å². The molecule has 3 rings (SSSR count). The highest BCUT2D eigenvalue weighted by Crippen LogP contribution is 2.44. The molecular formula is C28H41IO4SSi. The van der Waals surface area contributed by atoms with Gasteiger partial charge in [0, 0.05) is 15.6 Å². The number of aryl methyl sites for hydroxylation is 1. The van der Waals surface area contributed by atoms with Crippen molar-refractivity contribution in [1.82, 2.24) is 0 Å². The molecule has 0 aliphatic heterocycles. The molecule has 194 valence electrons. The van der Waals surface area contributed by atoms with E-state index in [1.165, 1.54) is 19.3 Å². The van der Waals surface area contributed by atoms with Gasteiger partial charge in [-0.2, -0.15) is 8.42 Å². The molecule has 0 spiro atoms. The molecule has 4 nitrogen and oxygen atoms in total. The van der Waals surface area contributed by atoms with Crippen molar-refractivity contribution in [2.45, 2.75) is 101 Å². The van der Waals surface area contributed by atoms with Crippen LogP contribution in [0.3, 0.4) is 0 Å². The molecule has 35 heavy (non-hydrogen) atoms. The lowest BCUT2D eigenvalue weighted by atomic mass is 9.78. The van der Waals surface area contributed by atoms with Crippen molar-refractivity contribution in [1.29, 1.82) is 0 Å². The van der Waals surface area contributed by atoms with Crippen LogP contribution in [0.2, 0.25) is 18.1 Å². The molecular weight excluding hydrogens is 587 g/mol. The minimum absolute atomic E-state index is 0.00229. The van der Waals surface area contributed by atoms with E-state index in [4.69, 9.17) is 4.43 Å². The minimum atomic E-state index is -4.37. The van der Waals surface area contributed by atoms with E-state index < -0.39 is 18.4 Å². The smallest absolute Gasteiger partial charge is 0.294 e. The van der Waals surface area contributed by atoms with Crippen LogP contribution in [-0.4, -0.2) is 27.4 Å². The van der Waals surface area contributed by atoms with Gasteiger partial charge in [0.2, 0.25) is 0 Å². The van der Waals surface area contributed by atoms with E-state index >= 15 is 0 Å². The maximum absolute atomic E-state index is 12.5. The molecule has 2 aromatic carbocycles. The fraction of sp³-hybridized carbons (Fsp3) is 0.571. The summed E-state index contributed by atoms with van der Waals surface area (Å²) in [6.07, 6.45) is 6.74. The number of hydrogen-bond acceptors (Lipinski definition) is 3. The molecule has 0 bridgehead atoms. The highest BCUT2D eigenvalue weighted by molar-refractivity contribution is 14.1. The number of halogens is 1. The van der Waals surface area contributed by atoms with Crippen LogP contribution in [-0.2, 0) is 14.5 Å². The maximum Gasteiger partial charge on any atom is 0.294 e. The molecule has 7 heteroatoms. The Bertz CT molecular complexity index is 1120. The highest BCUT2D eigenvalue weighted by atomic mass is 127. The lowest BCUT2D eigenvalue weighted by Crippen LogP contribution is -2.46. The van der Waals surface area contributed by atoms with Crippen LogP contribution in [0.4, 0.5) is 0 Å². The van der Waals surface area contributed by atoms with E-state index in [9.17, 15) is 13.0 Å². The van der Waals surface area contributed by atoms with Crippen LogP contribution in [0.1, 0.15) is 81.9 Å². The van der Waals surface area contributed by atoms with Gasteiger partial charge in [-0.1, -0.05) is 75.9 Å². The summed E-state index contributed by atoms with van der Waals surface area (Å²) in [6.45, 7) is 13.4. The van der Waals surface area contributed by atoms with E-state index in [0.717, 1.165) is 27.5 Å². The zero-order valence-electron chi connectivity index (χ0n) is 22.0. The van der Waals surface area contributed by atoms with E-state index in [1.54, 1.807) is 12.1 Å². The van der Waals surface area contributed by atoms with E-state index in [0.29, 0.717) is 17.9 Å². The molecule has 1 N–H and O–H groups in total. The summed E-state index contributed by atoms with van der Waals surface area (Å²) in [7, 11) is -6.43. The van der Waals surface area contributed by atoms with E-state index in [1.807, 2.05) is 25.1 Å². The second kappa shape index (κ2) is 11.3. The summed E-state index contributed by atoms with van der Waals surface area (Å²) >= 11 is 2.34. The Kier molecular flexibility index (Phi) is 9.33. The monoisotopic (exact) mass is 628 g/mol. The molecule has 2 atom stereocenters. The van der Waals surface area contributed by atoms with Gasteiger partial charge >= 0.3 is 0 Å². The average Bonchev–Trinajstić information content (AvgIpc) is 2.76. The first-order valence-corrected chi connectivity index (χ1v) is 18.1. The second-order valence-corrected chi connectivity index (χ2v) is 18.9. The topological polar surface area (TPSA) is 63.6 Å². The predicted octanol–water partition coefficient (Wildman–Crippen LogP) is 8.34. The second-order valence-electron chi connectivity index (χ2n) is 11.6. The standard InChI is InChI=1S/C28H41IO4SSi/c1-20-16-17-27(34(30,31)32)24(18-20)23(22-14-10-11-15-25(22)29)19-26(21-12-8-7-9-13-21)33-35(5,6)28(2,3)4/h10-11,14-18,21,23,26H,7-9,12-13,19H2,1-6H3,(H,30,31,32)/t23-,26-/m0/s1. The fourth-order valence-electron chi connectivity index (χ4n) is 4.98. The molecule has 1 fully saturated rings. The van der Waals surface area contributed by atoms with Crippen LogP contribution in [0, 0.1) is 16.4 Å². The third kappa shape index (κ3) is 7.18. The summed E-state index contributed by atoms with van der Waals surface area (Å²) in [5.74, 6) is 0.261. The van der Waals surface area contributed by atoms with Crippen molar-refractivity contribution in [3.05, 3.63) is 62.7 Å². The summed E-state index contributed by atoms with van der Waals surface area (Å²) in [5, 5.41) is 0.0829. The Morgan fingerprint density at radius 1 is 1.06 bits per heavy atom. The number of rotatable bonds is 8. The van der Waals surface area contributed by atoms with Gasteiger partial charge in [-0.05, 0) is 96.1 Å². The van der Waals surface area contributed by atoms with Crippen LogP contribution in [0.15, 0.2) is 47.4 Å². The number of benzene rings is 2. The quantitative estimate of drug-likeness (QED) is 0.181. The molecule has 0 heterocycles. The van der Waals surface area contributed by atoms with E-state index in [2.05, 4.69) is 68.6 Å². The van der Waals surface area contributed by atoms with Crippen LogP contribution < -0.4 is 0 Å². The Morgan fingerprint density at radius 3 is 2.26 bits per heavy atom. The van der Waals surface area contributed by atoms with E-state index in [-0.39, 0.29) is 22.0 Å². The molecule has 1 saturated carbocycles. The molecule has 0 saturated heterocycles. The van der Waals surface area contributed by atoms with Crippen molar-refractivity contribution in [3.63, 3.8) is 0 Å². The van der Waals surface area contributed by atoms with Crippen molar-refractivity contribution in [2.24, 2.45) is 5.92 Å². The Hall–Kier alpha value is -0.743. The highest BCUT2D eigenvalue weighted by Gasteiger charge is 2.42. The Balaban J connectivity index is 2.16. The summed E-state index contributed by atoms with van der Waals surface area (Å²) in [4.78, 5) is 0.00229. The van der Waals surface area contributed by atoms with Crippen LogP contribution in [0.25, 0.3) is 0 Å². The van der Waals surface area contributed by atoms with Gasteiger partial charge in [0.15, 0.2) is 8.32 Å². The average molecular weight is 629 g/mol. The zero-order valence-corrected chi connectivity index (χ0v) is 25.9. The van der Waals surface area contributed by atoms with Crippen LogP contribution >= 0.6 is 22.6 Å². The number of hydrogen-bond donors (Lipinski definition) is 1. The van der Waals surface area contributed by atoms with Gasteiger partial charge < -0.3 is 4.43 Å². The van der Waals surface area contributed by atoms with Crippen molar-refractivity contribution in [2.75, 3.05) is 0 Å². The first kappa shape index (κ1) is 28.8. The van der Waals surface area contributed by atoms with Gasteiger partial charge in [0.05, 0.1) is 4.90 Å². The first-order valence-electron chi connectivity index (χ1n) is 12.7. The molecule has 0 aromatic heterocycles. The lowest BCUT2D eigenvalue weighted by Gasteiger charge is -2.43. The molecule has 0 unspecified atom stereocenters. The summed E-state index contributed by atoms with van der Waals surface area (Å²) < 4.78 is 43.3. The normalized spacial score (nSPS) is 17.8. The molecule has 0 amide bonds. The Morgan fingerprint density at radius 2 is 1.69 bits per heavy atom. The van der Waals surface area contributed by atoms with Crippen molar-refractivity contribution < 1.29 is 17.4 Å². The van der Waals surface area contributed by atoms with Gasteiger partial charge in [-0.15, -0.1) is 0 Å². The predicted molar refractivity (Wildman–Crippen MR) is 155 cm³/mol. The molecule has 1 aliphatic rings. The first-order chi connectivity index (χ1) is 16.2. The maximum atomic E-state index is 12.5. The lowest BCUT2D eigenvalue weighted by molar-refractivity contribution is 0.0822. The summed E-state index contributed by atoms with van der Waals surface area (Å²) in [6, 6.07) is 13.4. The minimum Gasteiger partial charge on any atom is -0.414 e. The summed E-state index contributed by atoms with van der Waals surface area (Å²) in [5.41, 5.74) is 2.72. The SMILES string of the molecule is Cc1ccc(S(=O)(=O)O)c([C@@H](C[C@H](O[Si](C)(C)C(C)(C)C)C2CCCCC2)c2ccccc2I)c1. The Labute approximate surface area is 227 Å². The van der Waals surface area contributed by atoms with Gasteiger partial charge in [0.25, 0.3) is 10.1 Å². The third-order valence-electron chi connectivity index (χ3n) is 8.00. The van der Waals surface area contributed by atoms with Gasteiger partial charge in [-0.25, -0.2) is 0 Å². The van der Waals surface area contributed by atoms with Crippen molar-refractivity contribution >= 4 is 41.0 Å². The van der Waals surface area contributed by atoms with Gasteiger partial charge in [-0.3, -0.25) is 4.55 Å². The zero-order chi connectivity index (χ0) is 26.0. The molecule has 2 aromatic rings. The largest absolute Gasteiger partial charge is 0.414 e.